The second-order valence-electron chi connectivity index (χ2n) is 9.46. The van der Waals surface area contributed by atoms with Crippen LogP contribution in [0.15, 0.2) is 66.7 Å². The van der Waals surface area contributed by atoms with E-state index in [1.54, 1.807) is 24.3 Å². The van der Waals surface area contributed by atoms with Gasteiger partial charge < -0.3 is 10.6 Å². The summed E-state index contributed by atoms with van der Waals surface area (Å²) in [6.07, 6.45) is 0. The maximum atomic E-state index is 13.8. The molecule has 0 aromatic heterocycles. The number of benzene rings is 4. The number of hydrogen-bond acceptors (Lipinski definition) is 4. The molecule has 0 saturated carbocycles. The molecule has 0 amide bonds. The number of carbonyl (C=O) groups is 2. The first-order valence-electron chi connectivity index (χ1n) is 11.8. The van der Waals surface area contributed by atoms with Gasteiger partial charge in [0.05, 0.1) is 22.5 Å². The van der Waals surface area contributed by atoms with Gasteiger partial charge in [0.25, 0.3) is 0 Å². The first-order chi connectivity index (χ1) is 16.7. The SMILES string of the molecule is Cc1ccc(Nc2ccc(Nc3c(C)cc(C)cc3C)c3c2C(=O)c2ccccc2C3=O)c(C)c1. The highest BCUT2D eigenvalue weighted by atomic mass is 16.1. The molecule has 1 aliphatic carbocycles. The Balaban J connectivity index is 1.70. The van der Waals surface area contributed by atoms with Crippen LogP contribution in [0.5, 0.6) is 0 Å². The van der Waals surface area contributed by atoms with Crippen molar-refractivity contribution in [2.24, 2.45) is 0 Å². The molecule has 4 nitrogen and oxygen atoms in total. The molecule has 174 valence electrons. The van der Waals surface area contributed by atoms with Crippen molar-refractivity contribution in [2.75, 3.05) is 10.6 Å². The fourth-order valence-electron chi connectivity index (χ4n) is 5.04. The summed E-state index contributed by atoms with van der Waals surface area (Å²) in [5.74, 6) is -0.298. The van der Waals surface area contributed by atoms with Crippen LogP contribution in [-0.4, -0.2) is 11.6 Å². The van der Waals surface area contributed by atoms with Gasteiger partial charge in [-0.3, -0.25) is 9.59 Å². The van der Waals surface area contributed by atoms with Crippen molar-refractivity contribution < 1.29 is 9.59 Å². The van der Waals surface area contributed by atoms with Gasteiger partial charge in [0, 0.05) is 22.5 Å². The molecule has 0 bridgehead atoms. The van der Waals surface area contributed by atoms with Crippen LogP contribution in [0.3, 0.4) is 0 Å². The van der Waals surface area contributed by atoms with E-state index in [2.05, 4.69) is 35.8 Å². The van der Waals surface area contributed by atoms with E-state index < -0.39 is 0 Å². The molecule has 2 N–H and O–H groups in total. The lowest BCUT2D eigenvalue weighted by Crippen LogP contribution is -2.23. The Morgan fingerprint density at radius 3 is 1.54 bits per heavy atom. The summed E-state index contributed by atoms with van der Waals surface area (Å²) in [6.45, 7) is 10.2. The highest BCUT2D eigenvalue weighted by Gasteiger charge is 2.34. The molecule has 0 heterocycles. The lowest BCUT2D eigenvalue weighted by molar-refractivity contribution is 0.0980. The van der Waals surface area contributed by atoms with E-state index in [1.807, 2.05) is 52.0 Å². The molecule has 5 rings (SSSR count). The van der Waals surface area contributed by atoms with E-state index in [-0.39, 0.29) is 11.6 Å². The topological polar surface area (TPSA) is 58.2 Å². The van der Waals surface area contributed by atoms with Gasteiger partial charge in [-0.15, -0.1) is 0 Å². The molecule has 1 aliphatic rings. The van der Waals surface area contributed by atoms with Gasteiger partial charge in [0.15, 0.2) is 11.6 Å². The summed E-state index contributed by atoms with van der Waals surface area (Å²) in [4.78, 5) is 27.6. The Morgan fingerprint density at radius 2 is 1.00 bits per heavy atom. The second-order valence-corrected chi connectivity index (χ2v) is 9.46. The van der Waals surface area contributed by atoms with Gasteiger partial charge in [-0.1, -0.05) is 59.7 Å². The van der Waals surface area contributed by atoms with E-state index in [0.29, 0.717) is 33.6 Å². The minimum atomic E-state index is -0.150. The van der Waals surface area contributed by atoms with E-state index in [4.69, 9.17) is 0 Å². The second kappa shape index (κ2) is 8.55. The molecular formula is C31H28N2O2. The Bertz CT molecular complexity index is 1510. The zero-order valence-corrected chi connectivity index (χ0v) is 20.7. The Labute approximate surface area is 206 Å². The standard InChI is InChI=1S/C31H28N2O2/c1-17-10-11-24(19(3)14-17)32-25-12-13-26(33-29-20(4)15-18(2)16-21(29)5)28-27(25)30(34)22-8-6-7-9-23(22)31(28)35/h6-16,32-33H,1-5H3. The molecule has 4 aromatic carbocycles. The minimum Gasteiger partial charge on any atom is -0.355 e. The quantitative estimate of drug-likeness (QED) is 0.292. The van der Waals surface area contributed by atoms with Crippen LogP contribution in [0.1, 0.15) is 59.7 Å². The number of carbonyl (C=O) groups excluding carboxylic acids is 2. The smallest absolute Gasteiger partial charge is 0.196 e. The first kappa shape index (κ1) is 22.6. The van der Waals surface area contributed by atoms with Crippen molar-refractivity contribution in [1.82, 2.24) is 0 Å². The third-order valence-corrected chi connectivity index (χ3v) is 6.66. The van der Waals surface area contributed by atoms with Gasteiger partial charge >= 0.3 is 0 Å². The number of ketones is 2. The molecule has 0 aliphatic heterocycles. The van der Waals surface area contributed by atoms with Crippen molar-refractivity contribution in [2.45, 2.75) is 34.6 Å². The van der Waals surface area contributed by atoms with Gasteiger partial charge in [0.2, 0.25) is 0 Å². The van der Waals surface area contributed by atoms with Crippen LogP contribution in [0.25, 0.3) is 0 Å². The molecule has 4 heteroatoms. The Morgan fingerprint density at radius 1 is 0.514 bits per heavy atom. The summed E-state index contributed by atoms with van der Waals surface area (Å²) in [7, 11) is 0. The van der Waals surface area contributed by atoms with E-state index in [0.717, 1.165) is 28.1 Å². The number of fused-ring (bicyclic) bond motifs is 2. The summed E-state index contributed by atoms with van der Waals surface area (Å²) >= 11 is 0. The summed E-state index contributed by atoms with van der Waals surface area (Å²) in [5.41, 5.74) is 10.4. The van der Waals surface area contributed by atoms with Crippen LogP contribution in [0.4, 0.5) is 22.7 Å². The normalized spacial score (nSPS) is 12.3. The number of nitrogens with one attached hydrogen (secondary N) is 2. The molecule has 0 atom stereocenters. The van der Waals surface area contributed by atoms with Gasteiger partial charge in [0.1, 0.15) is 0 Å². The fraction of sp³-hybridized carbons (Fsp3) is 0.161. The van der Waals surface area contributed by atoms with E-state index in [9.17, 15) is 9.59 Å². The summed E-state index contributed by atoms with van der Waals surface area (Å²) in [6, 6.07) is 21.2. The van der Waals surface area contributed by atoms with Crippen LogP contribution >= 0.6 is 0 Å². The predicted molar refractivity (Wildman–Crippen MR) is 143 cm³/mol. The minimum absolute atomic E-state index is 0.149. The summed E-state index contributed by atoms with van der Waals surface area (Å²) in [5, 5.41) is 6.92. The van der Waals surface area contributed by atoms with Crippen LogP contribution in [0.2, 0.25) is 0 Å². The lowest BCUT2D eigenvalue weighted by atomic mass is 9.82. The average Bonchev–Trinajstić information content (AvgIpc) is 2.82. The van der Waals surface area contributed by atoms with Crippen molar-refractivity contribution in [3.05, 3.63) is 117 Å². The highest BCUT2D eigenvalue weighted by molar-refractivity contribution is 6.32. The first-order valence-corrected chi connectivity index (χ1v) is 11.8. The Hall–Kier alpha value is -4.18. The van der Waals surface area contributed by atoms with Gasteiger partial charge in [-0.2, -0.15) is 0 Å². The monoisotopic (exact) mass is 460 g/mol. The van der Waals surface area contributed by atoms with Crippen LogP contribution in [0, 0.1) is 34.6 Å². The predicted octanol–water partition coefficient (Wildman–Crippen LogP) is 7.49. The average molecular weight is 461 g/mol. The highest BCUT2D eigenvalue weighted by Crippen LogP contribution is 2.39. The van der Waals surface area contributed by atoms with E-state index >= 15 is 0 Å². The van der Waals surface area contributed by atoms with Gasteiger partial charge in [-0.25, -0.2) is 0 Å². The van der Waals surface area contributed by atoms with Crippen LogP contribution < -0.4 is 10.6 Å². The van der Waals surface area contributed by atoms with Gasteiger partial charge in [-0.05, 0) is 69.5 Å². The van der Waals surface area contributed by atoms with E-state index in [1.165, 1.54) is 11.1 Å². The maximum Gasteiger partial charge on any atom is 0.196 e. The third-order valence-electron chi connectivity index (χ3n) is 6.66. The molecule has 0 spiro atoms. The molecule has 0 saturated heterocycles. The molecule has 4 aromatic rings. The van der Waals surface area contributed by atoms with Crippen molar-refractivity contribution >= 4 is 34.3 Å². The zero-order valence-electron chi connectivity index (χ0n) is 20.7. The lowest BCUT2D eigenvalue weighted by Gasteiger charge is -2.25. The van der Waals surface area contributed by atoms with Crippen molar-refractivity contribution in [1.29, 1.82) is 0 Å². The number of rotatable bonds is 4. The largest absolute Gasteiger partial charge is 0.355 e. The Kier molecular flexibility index (Phi) is 5.52. The molecule has 35 heavy (non-hydrogen) atoms. The fourth-order valence-corrected chi connectivity index (χ4v) is 5.04. The summed E-state index contributed by atoms with van der Waals surface area (Å²) < 4.78 is 0. The van der Waals surface area contributed by atoms with Crippen molar-refractivity contribution in [3.8, 4) is 0 Å². The number of hydrogen-bond donors (Lipinski definition) is 2. The van der Waals surface area contributed by atoms with Crippen LogP contribution in [-0.2, 0) is 0 Å². The molecule has 0 fully saturated rings. The number of anilines is 4. The molecular weight excluding hydrogens is 432 g/mol. The molecule has 0 radical (unpaired) electrons. The van der Waals surface area contributed by atoms with Crippen molar-refractivity contribution in [3.63, 3.8) is 0 Å². The maximum absolute atomic E-state index is 13.8. The molecule has 0 unspecified atom stereocenters. The number of aryl methyl sites for hydroxylation is 5. The third kappa shape index (κ3) is 3.91. The zero-order chi connectivity index (χ0) is 24.9.